The molecule has 0 aliphatic carbocycles. The Kier molecular flexibility index (Phi) is 9.19. The van der Waals surface area contributed by atoms with Crippen LogP contribution < -0.4 is 20.3 Å². The van der Waals surface area contributed by atoms with Crippen molar-refractivity contribution in [3.05, 3.63) is 90.3 Å². The molecular weight excluding hydrogens is 640 g/mol. The molecule has 1 heterocycles. The Morgan fingerprint density at radius 3 is 2.61 bits per heavy atom. The minimum atomic E-state index is -0.339. The van der Waals surface area contributed by atoms with E-state index in [9.17, 15) is 9.59 Å². The highest BCUT2D eigenvalue weighted by atomic mass is 79.9. The molecule has 196 valence electrons. The number of amides is 1. The Labute approximate surface area is 240 Å². The fourth-order valence-electron chi connectivity index (χ4n) is 3.61. The minimum Gasteiger partial charge on any atom is -0.493 e. The van der Waals surface area contributed by atoms with Crippen LogP contribution in [0.1, 0.15) is 24.7 Å². The molecule has 1 N–H and O–H groups in total. The van der Waals surface area contributed by atoms with E-state index < -0.39 is 0 Å². The summed E-state index contributed by atoms with van der Waals surface area (Å²) in [6, 6.07) is 15.6. The van der Waals surface area contributed by atoms with Gasteiger partial charge in [0.15, 0.2) is 18.1 Å². The fraction of sp³-hybridized carbons (Fsp3) is 0.185. The van der Waals surface area contributed by atoms with Gasteiger partial charge in [-0.05, 0) is 76.9 Å². The summed E-state index contributed by atoms with van der Waals surface area (Å²) in [7, 11) is 1.50. The van der Waals surface area contributed by atoms with Gasteiger partial charge in [-0.25, -0.2) is 4.98 Å². The molecule has 4 aromatic rings. The Morgan fingerprint density at radius 2 is 1.89 bits per heavy atom. The third-order valence-electron chi connectivity index (χ3n) is 5.43. The summed E-state index contributed by atoms with van der Waals surface area (Å²) < 4.78 is 13.9. The monoisotopic (exact) mass is 660 g/mol. The van der Waals surface area contributed by atoms with Crippen LogP contribution in [0.3, 0.4) is 0 Å². The van der Waals surface area contributed by atoms with Crippen molar-refractivity contribution in [1.82, 2.24) is 9.66 Å². The van der Waals surface area contributed by atoms with Gasteiger partial charge in [-0.1, -0.05) is 34.5 Å². The average molecular weight is 663 g/mol. The number of carbonyl (C=O) groups is 1. The highest BCUT2D eigenvalue weighted by molar-refractivity contribution is 9.10. The van der Waals surface area contributed by atoms with E-state index in [0.717, 1.165) is 10.9 Å². The SMILES string of the molecule is CCCc1nc2ccc(Br)cc2c(=O)n1N=Cc1cc(OC)c(OCC(=O)Nc2ccc(Cl)cc2)cc1Br. The number of carbonyl (C=O) groups excluding carboxylic acids is 1. The van der Waals surface area contributed by atoms with E-state index in [-0.39, 0.29) is 18.1 Å². The van der Waals surface area contributed by atoms with Crippen LogP contribution >= 0.6 is 43.5 Å². The number of fused-ring (bicyclic) bond motifs is 1. The van der Waals surface area contributed by atoms with Crippen LogP contribution in [0.2, 0.25) is 5.02 Å². The molecule has 0 bridgehead atoms. The first kappa shape index (κ1) is 27.8. The normalized spacial score (nSPS) is 11.2. The van der Waals surface area contributed by atoms with Gasteiger partial charge in [0.05, 0.1) is 24.2 Å². The van der Waals surface area contributed by atoms with Gasteiger partial charge in [0.2, 0.25) is 0 Å². The number of nitrogens with zero attached hydrogens (tertiary/aromatic N) is 3. The van der Waals surface area contributed by atoms with Gasteiger partial charge in [0.1, 0.15) is 5.82 Å². The predicted octanol–water partition coefficient (Wildman–Crippen LogP) is 6.44. The van der Waals surface area contributed by atoms with Gasteiger partial charge in [-0.2, -0.15) is 9.78 Å². The highest BCUT2D eigenvalue weighted by Gasteiger charge is 2.14. The first-order valence-electron chi connectivity index (χ1n) is 11.6. The summed E-state index contributed by atoms with van der Waals surface area (Å²) in [5.41, 5.74) is 1.61. The third kappa shape index (κ3) is 6.61. The Balaban J connectivity index is 1.57. The summed E-state index contributed by atoms with van der Waals surface area (Å²) in [5, 5.41) is 8.25. The first-order chi connectivity index (χ1) is 18.3. The quantitative estimate of drug-likeness (QED) is 0.209. The standard InChI is InChI=1S/C27H23Br2ClN4O4/c1-3-4-25-33-22-10-5-17(28)12-20(22)27(36)34(25)31-14-16-11-23(37-2)24(13-21(16)29)38-15-26(35)32-19-8-6-18(30)7-9-19/h5-14H,3-4,15H2,1-2H3,(H,32,35). The zero-order valence-electron chi connectivity index (χ0n) is 20.5. The van der Waals surface area contributed by atoms with Crippen molar-refractivity contribution in [2.75, 3.05) is 19.0 Å². The molecule has 11 heteroatoms. The number of ether oxygens (including phenoxy) is 2. The lowest BCUT2D eigenvalue weighted by Gasteiger charge is -2.13. The summed E-state index contributed by atoms with van der Waals surface area (Å²) >= 11 is 12.8. The van der Waals surface area contributed by atoms with Crippen molar-refractivity contribution in [3.8, 4) is 11.5 Å². The van der Waals surface area contributed by atoms with Gasteiger partial charge in [0, 0.05) is 31.6 Å². The molecule has 0 unspecified atom stereocenters. The van der Waals surface area contributed by atoms with Crippen molar-refractivity contribution in [3.63, 3.8) is 0 Å². The zero-order valence-corrected chi connectivity index (χ0v) is 24.4. The van der Waals surface area contributed by atoms with Crippen LogP contribution in [0.25, 0.3) is 10.9 Å². The van der Waals surface area contributed by atoms with Crippen LogP contribution in [-0.2, 0) is 11.2 Å². The van der Waals surface area contributed by atoms with Crippen LogP contribution in [0.5, 0.6) is 11.5 Å². The van der Waals surface area contributed by atoms with Crippen molar-refractivity contribution in [2.45, 2.75) is 19.8 Å². The van der Waals surface area contributed by atoms with E-state index in [4.69, 9.17) is 21.1 Å². The Hall–Kier alpha value is -3.21. The van der Waals surface area contributed by atoms with E-state index in [0.29, 0.717) is 55.4 Å². The molecule has 8 nitrogen and oxygen atoms in total. The number of nitrogens with one attached hydrogen (secondary N) is 1. The molecule has 0 spiro atoms. The molecule has 0 atom stereocenters. The second kappa shape index (κ2) is 12.6. The molecule has 0 saturated carbocycles. The van der Waals surface area contributed by atoms with Gasteiger partial charge >= 0.3 is 0 Å². The van der Waals surface area contributed by atoms with E-state index in [1.54, 1.807) is 48.7 Å². The molecule has 0 saturated heterocycles. The fourth-order valence-corrected chi connectivity index (χ4v) is 4.53. The lowest BCUT2D eigenvalue weighted by Crippen LogP contribution is -2.22. The molecule has 0 fully saturated rings. The maximum absolute atomic E-state index is 13.2. The average Bonchev–Trinajstić information content (AvgIpc) is 2.90. The molecule has 1 aromatic heterocycles. The van der Waals surface area contributed by atoms with Gasteiger partial charge in [-0.3, -0.25) is 9.59 Å². The minimum absolute atomic E-state index is 0.229. The first-order valence-corrected chi connectivity index (χ1v) is 13.6. The second-order valence-electron chi connectivity index (χ2n) is 8.17. The van der Waals surface area contributed by atoms with E-state index in [2.05, 4.69) is 47.3 Å². The van der Waals surface area contributed by atoms with Crippen LogP contribution in [-0.4, -0.2) is 35.5 Å². The van der Waals surface area contributed by atoms with Crippen molar-refractivity contribution in [1.29, 1.82) is 0 Å². The van der Waals surface area contributed by atoms with Crippen LogP contribution in [0.4, 0.5) is 5.69 Å². The maximum Gasteiger partial charge on any atom is 0.282 e. The topological polar surface area (TPSA) is 94.8 Å². The summed E-state index contributed by atoms with van der Waals surface area (Å²) in [5.74, 6) is 0.993. The maximum atomic E-state index is 13.2. The van der Waals surface area contributed by atoms with Crippen molar-refractivity contribution >= 4 is 72.2 Å². The zero-order chi connectivity index (χ0) is 27.2. The van der Waals surface area contributed by atoms with Crippen LogP contribution in [0.15, 0.2) is 73.4 Å². The highest BCUT2D eigenvalue weighted by Crippen LogP contribution is 2.33. The van der Waals surface area contributed by atoms with Crippen molar-refractivity contribution in [2.24, 2.45) is 5.10 Å². The number of aromatic nitrogens is 2. The molecule has 3 aromatic carbocycles. The third-order valence-corrected chi connectivity index (χ3v) is 6.86. The molecule has 0 radical (unpaired) electrons. The van der Waals surface area contributed by atoms with E-state index >= 15 is 0 Å². The Bertz CT molecular complexity index is 1570. The van der Waals surface area contributed by atoms with E-state index in [1.807, 2.05) is 19.1 Å². The molecular formula is C27H23Br2ClN4O4. The summed E-state index contributed by atoms with van der Waals surface area (Å²) in [6.07, 6.45) is 2.95. The lowest BCUT2D eigenvalue weighted by atomic mass is 10.2. The summed E-state index contributed by atoms with van der Waals surface area (Å²) in [6.45, 7) is 1.79. The van der Waals surface area contributed by atoms with Gasteiger partial charge < -0.3 is 14.8 Å². The number of rotatable bonds is 9. The van der Waals surface area contributed by atoms with Crippen molar-refractivity contribution < 1.29 is 14.3 Å². The largest absolute Gasteiger partial charge is 0.493 e. The molecule has 0 aliphatic heterocycles. The molecule has 4 rings (SSSR count). The number of aryl methyl sites for hydroxylation is 1. The van der Waals surface area contributed by atoms with Gasteiger partial charge in [0.25, 0.3) is 11.5 Å². The number of hydrogen-bond acceptors (Lipinski definition) is 6. The number of methoxy groups -OCH3 is 1. The molecule has 1 amide bonds. The Morgan fingerprint density at radius 1 is 1.13 bits per heavy atom. The lowest BCUT2D eigenvalue weighted by molar-refractivity contribution is -0.118. The predicted molar refractivity (Wildman–Crippen MR) is 157 cm³/mol. The molecule has 0 aliphatic rings. The van der Waals surface area contributed by atoms with Gasteiger partial charge in [-0.15, -0.1) is 0 Å². The summed E-state index contributed by atoms with van der Waals surface area (Å²) in [4.78, 5) is 30.2. The van der Waals surface area contributed by atoms with E-state index in [1.165, 1.54) is 11.8 Å². The number of benzene rings is 3. The molecule has 38 heavy (non-hydrogen) atoms. The number of halogens is 3. The second-order valence-corrected chi connectivity index (χ2v) is 10.4. The van der Waals surface area contributed by atoms with Crippen LogP contribution in [0, 0.1) is 0 Å². The number of hydrogen-bond donors (Lipinski definition) is 1. The number of anilines is 1. The smallest absolute Gasteiger partial charge is 0.282 e.